The van der Waals surface area contributed by atoms with Crippen LogP contribution in [0.2, 0.25) is 0 Å². The summed E-state index contributed by atoms with van der Waals surface area (Å²) in [5.74, 6) is -0.0385. The largest absolute Gasteiger partial charge is 0.343 e. The van der Waals surface area contributed by atoms with Gasteiger partial charge >= 0.3 is 0 Å². The van der Waals surface area contributed by atoms with Crippen molar-refractivity contribution in [3.63, 3.8) is 0 Å². The Hall–Kier alpha value is -1.10. The van der Waals surface area contributed by atoms with Crippen LogP contribution in [-0.4, -0.2) is 42.0 Å². The molecule has 0 aromatic carbocycles. The molecule has 2 atom stereocenters. The van der Waals surface area contributed by atoms with Crippen molar-refractivity contribution in [1.82, 2.24) is 15.5 Å². The Morgan fingerprint density at radius 3 is 2.80 bits per heavy atom. The number of amides is 2. The smallest absolute Gasteiger partial charge is 0.246 e. The zero-order valence-electron chi connectivity index (χ0n) is 8.95. The van der Waals surface area contributed by atoms with E-state index in [1.165, 1.54) is 0 Å². The van der Waals surface area contributed by atoms with Gasteiger partial charge in [-0.1, -0.05) is 0 Å². The summed E-state index contributed by atoms with van der Waals surface area (Å²) in [6.07, 6.45) is 3.28. The molecular formula is C10H17N3O2. The molecule has 0 bridgehead atoms. The van der Waals surface area contributed by atoms with Crippen LogP contribution in [0.15, 0.2) is 0 Å². The number of hydrogen-bond donors (Lipinski definition) is 2. The average molecular weight is 211 g/mol. The summed E-state index contributed by atoms with van der Waals surface area (Å²) in [6, 6.07) is -0.380. The van der Waals surface area contributed by atoms with Crippen molar-refractivity contribution < 1.29 is 9.59 Å². The summed E-state index contributed by atoms with van der Waals surface area (Å²) in [6.45, 7) is 2.86. The molecule has 2 heterocycles. The summed E-state index contributed by atoms with van der Waals surface area (Å²) in [4.78, 5) is 24.8. The number of hydrogen-bond acceptors (Lipinski definition) is 3. The minimum Gasteiger partial charge on any atom is -0.343 e. The molecule has 2 fully saturated rings. The lowest BCUT2D eigenvalue weighted by molar-refractivity contribution is -0.147. The zero-order valence-corrected chi connectivity index (χ0v) is 8.95. The van der Waals surface area contributed by atoms with Crippen LogP contribution in [0.4, 0.5) is 0 Å². The predicted molar refractivity (Wildman–Crippen MR) is 55.0 cm³/mol. The van der Waals surface area contributed by atoms with Crippen LogP contribution in [0, 0.1) is 0 Å². The molecular weight excluding hydrogens is 194 g/mol. The Morgan fingerprint density at radius 2 is 2.13 bits per heavy atom. The van der Waals surface area contributed by atoms with Crippen molar-refractivity contribution in [2.45, 2.75) is 38.4 Å². The number of rotatable bonds is 1. The molecule has 5 nitrogen and oxygen atoms in total. The molecule has 2 aliphatic rings. The van der Waals surface area contributed by atoms with Gasteiger partial charge in [0.05, 0.1) is 6.17 Å². The Balaban J connectivity index is 2.05. The molecule has 2 N–H and O–H groups in total. The highest BCUT2D eigenvalue weighted by Gasteiger charge is 2.34. The predicted octanol–water partition coefficient (Wildman–Crippen LogP) is -0.567. The van der Waals surface area contributed by atoms with Gasteiger partial charge in [0.15, 0.2) is 0 Å². The highest BCUT2D eigenvalue weighted by atomic mass is 16.2. The average Bonchev–Trinajstić information content (AvgIpc) is 2.24. The lowest BCUT2D eigenvalue weighted by atomic mass is 10.1. The number of nitrogens with one attached hydrogen (secondary N) is 2. The van der Waals surface area contributed by atoms with Crippen LogP contribution in [0.5, 0.6) is 0 Å². The van der Waals surface area contributed by atoms with Gasteiger partial charge < -0.3 is 10.2 Å². The third-order valence-corrected chi connectivity index (χ3v) is 3.01. The van der Waals surface area contributed by atoms with Crippen LogP contribution >= 0.6 is 0 Å². The van der Waals surface area contributed by atoms with Crippen LogP contribution in [0.25, 0.3) is 0 Å². The normalized spacial score (nSPS) is 32.7. The number of carbonyl (C=O) groups is 2. The number of carbonyl (C=O) groups excluding carboxylic acids is 2. The first-order valence-electron chi connectivity index (χ1n) is 5.52. The standard InChI is InChI=1S/C10H17N3O2/c1-7-10(15)13(6-9(14)12-7)8-4-2-3-5-11-8/h7-8,11H,2-6H2,1H3,(H,12,14). The lowest BCUT2D eigenvalue weighted by Crippen LogP contribution is -2.63. The van der Waals surface area contributed by atoms with Crippen LogP contribution in [-0.2, 0) is 9.59 Å². The van der Waals surface area contributed by atoms with Crippen molar-refractivity contribution in [2.75, 3.05) is 13.1 Å². The van der Waals surface area contributed by atoms with E-state index in [0.29, 0.717) is 0 Å². The maximum absolute atomic E-state index is 11.8. The third kappa shape index (κ3) is 2.12. The molecule has 0 spiro atoms. The van der Waals surface area contributed by atoms with E-state index >= 15 is 0 Å². The maximum Gasteiger partial charge on any atom is 0.246 e. The van der Waals surface area contributed by atoms with E-state index in [9.17, 15) is 9.59 Å². The summed E-state index contributed by atoms with van der Waals surface area (Å²) in [5, 5.41) is 5.93. The molecule has 84 valence electrons. The fourth-order valence-corrected chi connectivity index (χ4v) is 2.19. The van der Waals surface area contributed by atoms with Crippen molar-refractivity contribution in [2.24, 2.45) is 0 Å². The van der Waals surface area contributed by atoms with Gasteiger partial charge in [-0.3, -0.25) is 14.9 Å². The second kappa shape index (κ2) is 4.18. The van der Waals surface area contributed by atoms with E-state index < -0.39 is 0 Å². The van der Waals surface area contributed by atoms with E-state index in [1.54, 1.807) is 11.8 Å². The van der Waals surface area contributed by atoms with Gasteiger partial charge in [-0.15, -0.1) is 0 Å². The molecule has 0 aromatic heterocycles. The minimum atomic E-state index is -0.380. The molecule has 5 heteroatoms. The fourth-order valence-electron chi connectivity index (χ4n) is 2.19. The maximum atomic E-state index is 11.8. The third-order valence-electron chi connectivity index (χ3n) is 3.01. The zero-order chi connectivity index (χ0) is 10.8. The molecule has 2 amide bonds. The lowest BCUT2D eigenvalue weighted by Gasteiger charge is -2.39. The molecule has 0 aromatic rings. The van der Waals surface area contributed by atoms with Gasteiger partial charge in [0, 0.05) is 0 Å². The first-order valence-corrected chi connectivity index (χ1v) is 5.52. The molecule has 2 rings (SSSR count). The van der Waals surface area contributed by atoms with E-state index in [-0.39, 0.29) is 30.6 Å². The molecule has 15 heavy (non-hydrogen) atoms. The van der Waals surface area contributed by atoms with Crippen LogP contribution < -0.4 is 10.6 Å². The Bertz CT molecular complexity index is 274. The van der Waals surface area contributed by atoms with Crippen molar-refractivity contribution in [3.05, 3.63) is 0 Å². The van der Waals surface area contributed by atoms with Crippen molar-refractivity contribution in [3.8, 4) is 0 Å². The molecule has 2 aliphatic heterocycles. The van der Waals surface area contributed by atoms with Crippen molar-refractivity contribution in [1.29, 1.82) is 0 Å². The number of nitrogens with zero attached hydrogens (tertiary/aromatic N) is 1. The molecule has 0 radical (unpaired) electrons. The SMILES string of the molecule is CC1NC(=O)CN(C2CCCCN2)C1=O. The van der Waals surface area contributed by atoms with Crippen LogP contribution in [0.3, 0.4) is 0 Å². The van der Waals surface area contributed by atoms with Gasteiger partial charge in [0.1, 0.15) is 12.6 Å². The molecule has 0 saturated carbocycles. The molecule has 2 unspecified atom stereocenters. The minimum absolute atomic E-state index is 0.0222. The highest BCUT2D eigenvalue weighted by Crippen LogP contribution is 2.14. The van der Waals surface area contributed by atoms with Gasteiger partial charge in [-0.25, -0.2) is 0 Å². The summed E-state index contributed by atoms with van der Waals surface area (Å²) in [7, 11) is 0. The molecule has 2 saturated heterocycles. The van der Waals surface area contributed by atoms with Gasteiger partial charge in [-0.2, -0.15) is 0 Å². The van der Waals surface area contributed by atoms with Crippen molar-refractivity contribution >= 4 is 11.8 Å². The second-order valence-corrected chi connectivity index (χ2v) is 4.22. The Labute approximate surface area is 89.2 Å². The van der Waals surface area contributed by atoms with Gasteiger partial charge in [-0.05, 0) is 32.7 Å². The number of piperidine rings is 1. The molecule has 0 aliphatic carbocycles. The first kappa shape index (κ1) is 10.4. The highest BCUT2D eigenvalue weighted by molar-refractivity contribution is 5.94. The monoisotopic (exact) mass is 211 g/mol. The van der Waals surface area contributed by atoms with E-state index in [1.807, 2.05) is 0 Å². The summed E-state index contributed by atoms with van der Waals surface area (Å²) in [5.41, 5.74) is 0. The first-order chi connectivity index (χ1) is 7.18. The summed E-state index contributed by atoms with van der Waals surface area (Å²) < 4.78 is 0. The quantitative estimate of drug-likeness (QED) is 0.611. The topological polar surface area (TPSA) is 61.4 Å². The second-order valence-electron chi connectivity index (χ2n) is 4.22. The van der Waals surface area contributed by atoms with Crippen LogP contribution in [0.1, 0.15) is 26.2 Å². The van der Waals surface area contributed by atoms with Gasteiger partial charge in [0.25, 0.3) is 0 Å². The van der Waals surface area contributed by atoms with E-state index in [2.05, 4.69) is 10.6 Å². The Kier molecular flexibility index (Phi) is 2.90. The Morgan fingerprint density at radius 1 is 1.33 bits per heavy atom. The number of piperazine rings is 1. The van der Waals surface area contributed by atoms with E-state index in [4.69, 9.17) is 0 Å². The van der Waals surface area contributed by atoms with E-state index in [0.717, 1.165) is 25.8 Å². The fraction of sp³-hybridized carbons (Fsp3) is 0.800. The van der Waals surface area contributed by atoms with Gasteiger partial charge in [0.2, 0.25) is 11.8 Å². The summed E-state index contributed by atoms with van der Waals surface area (Å²) >= 11 is 0.